The van der Waals surface area contributed by atoms with Gasteiger partial charge in [0.25, 0.3) is 5.91 Å². The molecule has 1 saturated heterocycles. The molecule has 2 aromatic heterocycles. The quantitative estimate of drug-likeness (QED) is 0.682. The summed E-state index contributed by atoms with van der Waals surface area (Å²) in [4.78, 5) is 21.7. The third kappa shape index (κ3) is 3.77. The van der Waals surface area contributed by atoms with Crippen LogP contribution in [0.4, 0.5) is 5.82 Å². The number of benzene rings is 1. The number of anilines is 1. The Hall–Kier alpha value is -3.09. The van der Waals surface area contributed by atoms with Gasteiger partial charge in [-0.3, -0.25) is 9.48 Å². The molecule has 1 aromatic carbocycles. The standard InChI is InChI=1S/C22H27N5O2/c1-15-13-21(23-20-14-17(29-4)5-6-18(15)20)27-11-7-16(8-12-27)26(3)22(28)19-9-10-25(2)24-19/h5-6,9-10,13-14,16H,7-8,11-12H2,1-4H3. The Morgan fingerprint density at radius 2 is 1.97 bits per heavy atom. The summed E-state index contributed by atoms with van der Waals surface area (Å²) < 4.78 is 7.01. The van der Waals surface area contributed by atoms with Crippen LogP contribution in [0.2, 0.25) is 0 Å². The van der Waals surface area contributed by atoms with Crippen molar-refractivity contribution in [1.82, 2.24) is 19.7 Å². The molecule has 0 N–H and O–H groups in total. The molecular weight excluding hydrogens is 366 g/mol. The molecule has 3 aromatic rings. The van der Waals surface area contributed by atoms with Crippen LogP contribution >= 0.6 is 0 Å². The van der Waals surface area contributed by atoms with Gasteiger partial charge < -0.3 is 14.5 Å². The van der Waals surface area contributed by atoms with Crippen molar-refractivity contribution >= 4 is 22.6 Å². The molecule has 0 spiro atoms. The van der Waals surface area contributed by atoms with E-state index in [1.807, 2.05) is 31.1 Å². The molecule has 1 aliphatic rings. The molecule has 29 heavy (non-hydrogen) atoms. The summed E-state index contributed by atoms with van der Waals surface area (Å²) in [5.41, 5.74) is 2.65. The van der Waals surface area contributed by atoms with E-state index in [2.05, 4.69) is 29.1 Å². The number of ether oxygens (including phenoxy) is 1. The normalized spacial score (nSPS) is 15.0. The van der Waals surface area contributed by atoms with E-state index in [9.17, 15) is 4.79 Å². The van der Waals surface area contributed by atoms with E-state index in [1.54, 1.807) is 24.1 Å². The SMILES string of the molecule is COc1ccc2c(C)cc(N3CCC(N(C)C(=O)c4ccn(C)n4)CC3)nc2c1. The number of pyridine rings is 1. The third-order valence-electron chi connectivity index (χ3n) is 5.80. The molecule has 152 valence electrons. The fourth-order valence-corrected chi connectivity index (χ4v) is 4.01. The molecular formula is C22H27N5O2. The highest BCUT2D eigenvalue weighted by atomic mass is 16.5. The van der Waals surface area contributed by atoms with E-state index in [0.717, 1.165) is 48.4 Å². The smallest absolute Gasteiger partial charge is 0.274 e. The Labute approximate surface area is 170 Å². The molecule has 0 unspecified atom stereocenters. The number of hydrogen-bond acceptors (Lipinski definition) is 5. The second-order valence-corrected chi connectivity index (χ2v) is 7.69. The number of nitrogens with zero attached hydrogens (tertiary/aromatic N) is 5. The predicted octanol–water partition coefficient (Wildman–Crippen LogP) is 3.03. The third-order valence-corrected chi connectivity index (χ3v) is 5.80. The van der Waals surface area contributed by atoms with Crippen molar-refractivity contribution in [3.05, 3.63) is 47.8 Å². The maximum atomic E-state index is 12.7. The lowest BCUT2D eigenvalue weighted by atomic mass is 10.0. The zero-order valence-corrected chi connectivity index (χ0v) is 17.4. The maximum Gasteiger partial charge on any atom is 0.274 e. The number of methoxy groups -OCH3 is 1. The van der Waals surface area contributed by atoms with Gasteiger partial charge in [0.1, 0.15) is 17.3 Å². The van der Waals surface area contributed by atoms with Gasteiger partial charge in [-0.15, -0.1) is 0 Å². The summed E-state index contributed by atoms with van der Waals surface area (Å²) >= 11 is 0. The molecule has 7 heteroatoms. The summed E-state index contributed by atoms with van der Waals surface area (Å²) in [5, 5.41) is 5.38. The molecule has 1 aliphatic heterocycles. The number of hydrogen-bond donors (Lipinski definition) is 0. The molecule has 0 radical (unpaired) electrons. The van der Waals surface area contributed by atoms with Gasteiger partial charge in [-0.25, -0.2) is 4.98 Å². The van der Waals surface area contributed by atoms with Crippen molar-refractivity contribution < 1.29 is 9.53 Å². The van der Waals surface area contributed by atoms with Gasteiger partial charge in [-0.05, 0) is 49.6 Å². The summed E-state index contributed by atoms with van der Waals surface area (Å²) in [6, 6.07) is 10.1. The minimum Gasteiger partial charge on any atom is -0.497 e. The number of amides is 1. The molecule has 7 nitrogen and oxygen atoms in total. The van der Waals surface area contributed by atoms with Gasteiger partial charge in [-0.2, -0.15) is 5.10 Å². The molecule has 0 saturated carbocycles. The van der Waals surface area contributed by atoms with E-state index in [0.29, 0.717) is 5.69 Å². The van der Waals surface area contributed by atoms with E-state index in [4.69, 9.17) is 9.72 Å². The zero-order chi connectivity index (χ0) is 20.5. The highest BCUT2D eigenvalue weighted by Crippen LogP contribution is 2.28. The average Bonchev–Trinajstić information content (AvgIpc) is 3.18. The van der Waals surface area contributed by atoms with Crippen LogP contribution in [-0.4, -0.2) is 58.9 Å². The van der Waals surface area contributed by atoms with Crippen LogP contribution in [-0.2, 0) is 7.05 Å². The number of aryl methyl sites for hydroxylation is 2. The second-order valence-electron chi connectivity index (χ2n) is 7.69. The minimum absolute atomic E-state index is 0.0178. The van der Waals surface area contributed by atoms with Crippen molar-refractivity contribution in [1.29, 1.82) is 0 Å². The van der Waals surface area contributed by atoms with Crippen LogP contribution in [0, 0.1) is 6.92 Å². The number of piperidine rings is 1. The van der Waals surface area contributed by atoms with Crippen molar-refractivity contribution in [2.24, 2.45) is 7.05 Å². The first kappa shape index (κ1) is 19.2. The van der Waals surface area contributed by atoms with Crippen LogP contribution in [0.1, 0.15) is 28.9 Å². The lowest BCUT2D eigenvalue weighted by Gasteiger charge is -2.37. The fraction of sp³-hybridized carbons (Fsp3) is 0.409. The first-order chi connectivity index (χ1) is 14.0. The second kappa shape index (κ2) is 7.73. The Balaban J connectivity index is 1.47. The van der Waals surface area contributed by atoms with Crippen LogP contribution in [0.3, 0.4) is 0 Å². The van der Waals surface area contributed by atoms with Gasteiger partial charge in [0.05, 0.1) is 12.6 Å². The Kier molecular flexibility index (Phi) is 5.13. The van der Waals surface area contributed by atoms with Gasteiger partial charge in [0.2, 0.25) is 0 Å². The van der Waals surface area contributed by atoms with E-state index < -0.39 is 0 Å². The van der Waals surface area contributed by atoms with Crippen molar-refractivity contribution in [2.45, 2.75) is 25.8 Å². The monoisotopic (exact) mass is 393 g/mol. The van der Waals surface area contributed by atoms with Gasteiger partial charge in [-0.1, -0.05) is 0 Å². The lowest BCUT2D eigenvalue weighted by molar-refractivity contribution is 0.0702. The number of fused-ring (bicyclic) bond motifs is 1. The Morgan fingerprint density at radius 1 is 1.21 bits per heavy atom. The van der Waals surface area contributed by atoms with Crippen molar-refractivity contribution in [2.75, 3.05) is 32.1 Å². The topological polar surface area (TPSA) is 63.5 Å². The molecule has 1 amide bonds. The molecule has 3 heterocycles. The van der Waals surface area contributed by atoms with E-state index >= 15 is 0 Å². The molecule has 0 aliphatic carbocycles. The van der Waals surface area contributed by atoms with Crippen molar-refractivity contribution in [3.8, 4) is 5.75 Å². The number of carbonyl (C=O) groups is 1. The molecule has 0 atom stereocenters. The predicted molar refractivity (Wildman–Crippen MR) is 114 cm³/mol. The van der Waals surface area contributed by atoms with Crippen LogP contribution < -0.4 is 9.64 Å². The molecule has 1 fully saturated rings. The van der Waals surface area contributed by atoms with Crippen molar-refractivity contribution in [3.63, 3.8) is 0 Å². The highest BCUT2D eigenvalue weighted by Gasteiger charge is 2.27. The summed E-state index contributed by atoms with van der Waals surface area (Å²) in [6.07, 6.45) is 3.62. The summed E-state index contributed by atoms with van der Waals surface area (Å²) in [6.45, 7) is 3.85. The largest absolute Gasteiger partial charge is 0.497 e. The zero-order valence-electron chi connectivity index (χ0n) is 17.4. The van der Waals surface area contributed by atoms with Gasteiger partial charge in [0, 0.05) is 50.9 Å². The van der Waals surface area contributed by atoms with E-state index in [-0.39, 0.29) is 11.9 Å². The molecule has 4 rings (SSSR count). The lowest BCUT2D eigenvalue weighted by Crippen LogP contribution is -2.46. The first-order valence-electron chi connectivity index (χ1n) is 9.93. The number of rotatable bonds is 4. The van der Waals surface area contributed by atoms with Crippen LogP contribution in [0.25, 0.3) is 10.9 Å². The van der Waals surface area contributed by atoms with Crippen LogP contribution in [0.5, 0.6) is 5.75 Å². The number of aromatic nitrogens is 3. The Bertz CT molecular complexity index is 1040. The summed E-state index contributed by atoms with van der Waals surface area (Å²) in [5.74, 6) is 1.78. The highest BCUT2D eigenvalue weighted by molar-refractivity contribution is 5.92. The maximum absolute atomic E-state index is 12.7. The first-order valence-corrected chi connectivity index (χ1v) is 9.93. The summed E-state index contributed by atoms with van der Waals surface area (Å²) in [7, 11) is 5.37. The van der Waals surface area contributed by atoms with Crippen LogP contribution in [0.15, 0.2) is 36.5 Å². The fourth-order valence-electron chi connectivity index (χ4n) is 4.01. The molecule has 0 bridgehead atoms. The van der Waals surface area contributed by atoms with Gasteiger partial charge in [0.15, 0.2) is 0 Å². The van der Waals surface area contributed by atoms with E-state index in [1.165, 1.54) is 5.56 Å². The average molecular weight is 393 g/mol. The van der Waals surface area contributed by atoms with Gasteiger partial charge >= 0.3 is 0 Å². The minimum atomic E-state index is -0.0178. The Morgan fingerprint density at radius 3 is 2.62 bits per heavy atom. The number of carbonyl (C=O) groups excluding carboxylic acids is 1.